The number of rotatable bonds is 46. The lowest BCUT2D eigenvalue weighted by Crippen LogP contribution is -2.30. The number of carbonyl (C=O) groups is 3. The van der Waals surface area contributed by atoms with Gasteiger partial charge < -0.3 is 14.2 Å². The summed E-state index contributed by atoms with van der Waals surface area (Å²) in [5.74, 6) is -0.994. The van der Waals surface area contributed by atoms with E-state index in [-0.39, 0.29) is 37.5 Å². The maximum atomic E-state index is 12.8. The summed E-state index contributed by atoms with van der Waals surface area (Å²) in [7, 11) is 0. The van der Waals surface area contributed by atoms with Crippen LogP contribution in [0, 0.1) is 0 Å². The van der Waals surface area contributed by atoms with Crippen molar-refractivity contribution < 1.29 is 28.6 Å². The first-order chi connectivity index (χ1) is 33.5. The van der Waals surface area contributed by atoms with Gasteiger partial charge in [0.25, 0.3) is 0 Å². The van der Waals surface area contributed by atoms with Crippen LogP contribution < -0.4 is 0 Å². The maximum Gasteiger partial charge on any atom is 0.306 e. The average Bonchev–Trinajstić information content (AvgIpc) is 3.34. The first-order valence-electron chi connectivity index (χ1n) is 26.9. The fraction of sp³-hybridized carbons (Fsp3) is 0.565. The van der Waals surface area contributed by atoms with Gasteiger partial charge in [0.15, 0.2) is 6.10 Å². The molecule has 6 heteroatoms. The number of allylic oxidation sites excluding steroid dienone is 24. The van der Waals surface area contributed by atoms with Gasteiger partial charge >= 0.3 is 17.9 Å². The Morgan fingerprint density at radius 1 is 0.309 bits per heavy atom. The molecule has 0 bridgehead atoms. The normalized spacial score (nSPS) is 13.3. The van der Waals surface area contributed by atoms with Crippen molar-refractivity contribution >= 4 is 17.9 Å². The quantitative estimate of drug-likeness (QED) is 0.0199. The molecule has 0 aromatic heterocycles. The molecular weight excluding hydrogens is 841 g/mol. The Morgan fingerprint density at radius 2 is 0.603 bits per heavy atom. The molecule has 0 spiro atoms. The molecule has 0 N–H and O–H groups in total. The van der Waals surface area contributed by atoms with Crippen LogP contribution in [0.2, 0.25) is 0 Å². The van der Waals surface area contributed by atoms with Crippen LogP contribution in [0.1, 0.15) is 207 Å². The zero-order valence-corrected chi connectivity index (χ0v) is 43.3. The third-order valence-electron chi connectivity index (χ3n) is 10.7. The minimum atomic E-state index is -0.820. The highest BCUT2D eigenvalue weighted by Gasteiger charge is 2.19. The van der Waals surface area contributed by atoms with Gasteiger partial charge in [0.1, 0.15) is 13.2 Å². The summed E-state index contributed by atoms with van der Waals surface area (Å²) in [4.78, 5) is 38.1. The molecule has 68 heavy (non-hydrogen) atoms. The van der Waals surface area contributed by atoms with Crippen LogP contribution in [0.15, 0.2) is 146 Å². The van der Waals surface area contributed by atoms with Crippen molar-refractivity contribution in [3.63, 3.8) is 0 Å². The minimum Gasteiger partial charge on any atom is -0.462 e. The van der Waals surface area contributed by atoms with Crippen molar-refractivity contribution in [2.75, 3.05) is 13.2 Å². The predicted octanol–water partition coefficient (Wildman–Crippen LogP) is 18.0. The predicted molar refractivity (Wildman–Crippen MR) is 292 cm³/mol. The van der Waals surface area contributed by atoms with E-state index in [1.54, 1.807) is 0 Å². The molecule has 0 heterocycles. The van der Waals surface area contributed by atoms with Crippen molar-refractivity contribution in [3.05, 3.63) is 146 Å². The van der Waals surface area contributed by atoms with Gasteiger partial charge in [-0.05, 0) is 103 Å². The fourth-order valence-corrected chi connectivity index (χ4v) is 6.80. The molecule has 0 saturated heterocycles. The van der Waals surface area contributed by atoms with Crippen LogP contribution in [0.4, 0.5) is 0 Å². The first-order valence-corrected chi connectivity index (χ1v) is 26.9. The van der Waals surface area contributed by atoms with Crippen LogP contribution in [-0.4, -0.2) is 37.2 Å². The van der Waals surface area contributed by atoms with Crippen LogP contribution in [-0.2, 0) is 28.6 Å². The van der Waals surface area contributed by atoms with Crippen molar-refractivity contribution in [2.45, 2.75) is 213 Å². The van der Waals surface area contributed by atoms with E-state index in [9.17, 15) is 14.4 Å². The molecule has 0 aromatic carbocycles. The van der Waals surface area contributed by atoms with Crippen molar-refractivity contribution in [1.82, 2.24) is 0 Å². The molecule has 1 atom stereocenters. The standard InChI is InChI=1S/C62H96O6/c1-4-7-10-13-16-19-22-25-28-30-31-33-34-37-40-43-46-49-52-55-61(64)67-58-59(57-66-60(63)54-51-48-45-42-39-36-27-24-21-18-15-12-9-6-3)68-62(65)56-53-50-47-44-41-38-35-32-29-26-23-20-17-14-11-8-5-2/h7-12,14,16-21,23,25-29,32,35-36,38,41,59H,4-6,13,15,22,24,30-31,33-34,37,39-40,42-58H2,1-3H3/b10-7-,11-8-,12-9-,17-14-,19-16-,21-18-,23-20-,28-25-,29-26-,35-32+,36-27-,41-38-. The van der Waals surface area contributed by atoms with Gasteiger partial charge in [0, 0.05) is 19.3 Å². The van der Waals surface area contributed by atoms with Gasteiger partial charge in [0.2, 0.25) is 0 Å². The number of hydrogen-bond acceptors (Lipinski definition) is 6. The second-order valence-electron chi connectivity index (χ2n) is 17.1. The van der Waals surface area contributed by atoms with E-state index in [1.807, 2.05) is 60.8 Å². The Balaban J connectivity index is 4.53. The Hall–Kier alpha value is -4.71. The van der Waals surface area contributed by atoms with Crippen molar-refractivity contribution in [2.24, 2.45) is 0 Å². The van der Waals surface area contributed by atoms with Crippen LogP contribution in [0.25, 0.3) is 0 Å². The van der Waals surface area contributed by atoms with Crippen molar-refractivity contribution in [1.29, 1.82) is 0 Å². The summed E-state index contributed by atoms with van der Waals surface area (Å²) >= 11 is 0. The van der Waals surface area contributed by atoms with E-state index >= 15 is 0 Å². The lowest BCUT2D eigenvalue weighted by Gasteiger charge is -2.18. The highest BCUT2D eigenvalue weighted by molar-refractivity contribution is 5.71. The lowest BCUT2D eigenvalue weighted by atomic mass is 10.1. The molecule has 0 saturated carbocycles. The number of hydrogen-bond donors (Lipinski definition) is 0. The summed E-state index contributed by atoms with van der Waals surface area (Å²) in [5, 5.41) is 0. The molecule has 0 aliphatic rings. The van der Waals surface area contributed by atoms with Gasteiger partial charge in [-0.3, -0.25) is 14.4 Å². The number of unbranched alkanes of at least 4 members (excludes halogenated alkanes) is 16. The smallest absolute Gasteiger partial charge is 0.306 e. The Morgan fingerprint density at radius 3 is 1.01 bits per heavy atom. The van der Waals surface area contributed by atoms with E-state index in [1.165, 1.54) is 38.5 Å². The van der Waals surface area contributed by atoms with E-state index in [2.05, 4.69) is 106 Å². The van der Waals surface area contributed by atoms with E-state index in [0.717, 1.165) is 122 Å². The SMILES string of the molecule is CC\C=C/C=C\C=C/C=C\C=C\C=C/CCCCCC(=O)OC(COC(=O)CCCCCC/C=C\C/C=C\C/C=C\CC)COC(=O)CCCCCCCCCCC/C=C\C/C=C\C/C=C\CC. The average molecular weight is 937 g/mol. The molecule has 1 unspecified atom stereocenters. The summed E-state index contributed by atoms with van der Waals surface area (Å²) in [6.45, 7) is 6.19. The molecular formula is C62H96O6. The van der Waals surface area contributed by atoms with Gasteiger partial charge in [-0.15, -0.1) is 0 Å². The molecule has 380 valence electrons. The zero-order valence-electron chi connectivity index (χ0n) is 43.3. The van der Waals surface area contributed by atoms with Crippen LogP contribution in [0.3, 0.4) is 0 Å². The molecule has 6 nitrogen and oxygen atoms in total. The first kappa shape index (κ1) is 63.3. The molecule has 0 amide bonds. The summed E-state index contributed by atoms with van der Waals surface area (Å²) in [6, 6.07) is 0. The fourth-order valence-electron chi connectivity index (χ4n) is 6.80. The molecule has 0 aliphatic heterocycles. The van der Waals surface area contributed by atoms with Crippen LogP contribution in [0.5, 0.6) is 0 Å². The number of ether oxygens (including phenoxy) is 3. The molecule has 0 aliphatic carbocycles. The lowest BCUT2D eigenvalue weighted by molar-refractivity contribution is -0.167. The highest BCUT2D eigenvalue weighted by atomic mass is 16.6. The summed E-state index contributed by atoms with van der Waals surface area (Å²) < 4.78 is 16.8. The van der Waals surface area contributed by atoms with Crippen molar-refractivity contribution in [3.8, 4) is 0 Å². The second-order valence-corrected chi connectivity index (χ2v) is 17.1. The van der Waals surface area contributed by atoms with E-state index < -0.39 is 6.10 Å². The molecule has 0 rings (SSSR count). The highest BCUT2D eigenvalue weighted by Crippen LogP contribution is 2.14. The van der Waals surface area contributed by atoms with Gasteiger partial charge in [-0.1, -0.05) is 231 Å². The van der Waals surface area contributed by atoms with E-state index in [4.69, 9.17) is 14.2 Å². The Labute approximate surface area is 417 Å². The third-order valence-corrected chi connectivity index (χ3v) is 10.7. The summed E-state index contributed by atoms with van der Waals surface area (Å²) in [5.41, 5.74) is 0. The summed E-state index contributed by atoms with van der Waals surface area (Å²) in [6.07, 6.45) is 78.3. The second kappa shape index (κ2) is 54.9. The number of esters is 3. The van der Waals surface area contributed by atoms with E-state index in [0.29, 0.717) is 19.3 Å². The molecule has 0 fully saturated rings. The minimum absolute atomic E-state index is 0.113. The number of carbonyl (C=O) groups excluding carboxylic acids is 3. The van der Waals surface area contributed by atoms with Gasteiger partial charge in [-0.2, -0.15) is 0 Å². The maximum absolute atomic E-state index is 12.8. The van der Waals surface area contributed by atoms with Gasteiger partial charge in [0.05, 0.1) is 0 Å². The Kier molecular flexibility index (Phi) is 51.1. The monoisotopic (exact) mass is 937 g/mol. The zero-order chi connectivity index (χ0) is 49.3. The topological polar surface area (TPSA) is 78.9 Å². The largest absolute Gasteiger partial charge is 0.462 e. The van der Waals surface area contributed by atoms with Gasteiger partial charge in [-0.25, -0.2) is 0 Å². The Bertz CT molecular complexity index is 1540. The third kappa shape index (κ3) is 52.3. The van der Waals surface area contributed by atoms with Crippen LogP contribution >= 0.6 is 0 Å². The molecule has 0 aromatic rings. The molecule has 0 radical (unpaired) electrons.